The van der Waals surface area contributed by atoms with Gasteiger partial charge in [-0.1, -0.05) is 250 Å². The zero-order valence-corrected chi connectivity index (χ0v) is 52.3. The van der Waals surface area contributed by atoms with E-state index in [2.05, 4.69) is 57.2 Å². The predicted octanol–water partition coefficient (Wildman–Crippen LogP) is 18.4. The summed E-state index contributed by atoms with van der Waals surface area (Å²) in [5, 5.41) is 31.6. The maximum Gasteiger partial charge on any atom is 0.335 e. The molecule has 0 aromatic carbocycles. The molecule has 472 valence electrons. The number of carboxylic acid groups (broad SMARTS) is 1. The first-order valence-electron chi connectivity index (χ1n) is 34.0. The Morgan fingerprint density at radius 2 is 0.704 bits per heavy atom. The van der Waals surface area contributed by atoms with Crippen LogP contribution in [-0.2, 0) is 42.9 Å². The summed E-state index contributed by atoms with van der Waals surface area (Å²) in [6.07, 6.45) is 56.7. The van der Waals surface area contributed by atoms with Gasteiger partial charge in [-0.2, -0.15) is 0 Å². The highest BCUT2D eigenvalue weighted by molar-refractivity contribution is 5.74. The van der Waals surface area contributed by atoms with Gasteiger partial charge in [0.1, 0.15) is 18.8 Å². The van der Waals surface area contributed by atoms with E-state index < -0.39 is 67.3 Å². The Balaban J connectivity index is 2.65. The Kier molecular flexibility index (Phi) is 53.8. The van der Waals surface area contributed by atoms with Gasteiger partial charge in [-0.05, 0) is 96.3 Å². The van der Waals surface area contributed by atoms with Gasteiger partial charge in [0.25, 0.3) is 0 Å². The zero-order valence-electron chi connectivity index (χ0n) is 52.3. The minimum atomic E-state index is -1.90. The van der Waals surface area contributed by atoms with Crippen LogP contribution in [0.3, 0.4) is 0 Å². The van der Waals surface area contributed by atoms with Gasteiger partial charge in [0, 0.05) is 19.3 Å². The Labute approximate surface area is 495 Å². The van der Waals surface area contributed by atoms with Crippen molar-refractivity contribution in [1.29, 1.82) is 0 Å². The summed E-state index contributed by atoms with van der Waals surface area (Å²) >= 11 is 0. The molecular weight excluding hydrogens is 1020 g/mol. The number of carboxylic acids is 1. The number of esters is 3. The smallest absolute Gasteiger partial charge is 0.335 e. The molecule has 0 aliphatic carbocycles. The van der Waals surface area contributed by atoms with Gasteiger partial charge in [0.2, 0.25) is 0 Å². The third-order valence-corrected chi connectivity index (χ3v) is 15.7. The molecule has 1 aliphatic rings. The second-order valence-corrected chi connectivity index (χ2v) is 23.5. The van der Waals surface area contributed by atoms with Gasteiger partial charge in [-0.15, -0.1) is 0 Å². The van der Waals surface area contributed by atoms with Gasteiger partial charge < -0.3 is 39.0 Å². The zero-order chi connectivity index (χ0) is 58.9. The normalized spacial score (nSPS) is 17.9. The summed E-state index contributed by atoms with van der Waals surface area (Å²) in [6.45, 7) is 6.03. The number of unbranched alkanes of at least 4 members (excludes halogenated alkanes) is 39. The first-order chi connectivity index (χ1) is 39.6. The van der Waals surface area contributed by atoms with Crippen molar-refractivity contribution in [2.75, 3.05) is 13.2 Å². The highest BCUT2D eigenvalue weighted by Gasteiger charge is 2.50. The van der Waals surface area contributed by atoms with E-state index in [1.807, 2.05) is 0 Å². The number of hydrogen-bond donors (Lipinski definition) is 3. The van der Waals surface area contributed by atoms with E-state index >= 15 is 0 Å². The molecule has 0 spiro atoms. The van der Waals surface area contributed by atoms with Gasteiger partial charge in [0.15, 0.2) is 24.6 Å². The summed E-state index contributed by atoms with van der Waals surface area (Å²) in [5.74, 6) is -3.10. The summed E-state index contributed by atoms with van der Waals surface area (Å²) in [4.78, 5) is 51.4. The molecule has 1 aliphatic heterocycles. The lowest BCUT2D eigenvalue weighted by atomic mass is 9.98. The van der Waals surface area contributed by atoms with Crippen LogP contribution in [0.2, 0.25) is 0 Å². The van der Waals surface area contributed by atoms with E-state index in [1.54, 1.807) is 0 Å². The lowest BCUT2D eigenvalue weighted by molar-refractivity contribution is -0.301. The van der Waals surface area contributed by atoms with Gasteiger partial charge >= 0.3 is 23.9 Å². The Morgan fingerprint density at radius 1 is 0.395 bits per heavy atom. The van der Waals surface area contributed by atoms with Crippen molar-refractivity contribution < 1.29 is 58.2 Å². The number of aliphatic carboxylic acids is 1. The van der Waals surface area contributed by atoms with E-state index in [-0.39, 0.29) is 25.9 Å². The molecule has 6 atom stereocenters. The molecule has 81 heavy (non-hydrogen) atoms. The summed E-state index contributed by atoms with van der Waals surface area (Å²) in [6, 6.07) is 0. The molecule has 0 aromatic heterocycles. The van der Waals surface area contributed by atoms with Crippen LogP contribution in [0, 0.1) is 0 Å². The molecule has 0 amide bonds. The van der Waals surface area contributed by atoms with Crippen LogP contribution in [0.1, 0.15) is 329 Å². The van der Waals surface area contributed by atoms with Crippen molar-refractivity contribution in [3.8, 4) is 0 Å². The molecule has 1 heterocycles. The first-order valence-corrected chi connectivity index (χ1v) is 34.0. The molecule has 0 aromatic rings. The van der Waals surface area contributed by atoms with Crippen LogP contribution in [0.5, 0.6) is 0 Å². The molecule has 12 heteroatoms. The van der Waals surface area contributed by atoms with Crippen molar-refractivity contribution in [2.24, 2.45) is 0 Å². The number of rotatable bonds is 59. The second-order valence-electron chi connectivity index (χ2n) is 23.5. The van der Waals surface area contributed by atoms with Gasteiger partial charge in [0.05, 0.1) is 6.61 Å². The SMILES string of the molecule is CCCCCCCC/C=C\CCCCCCCCCC(=O)OCC(COC1OC(C(=O)O)C(O)C(O)C1OC(=O)CCCCCCCCC/C=C\CCCCCCCC)OC(=O)CCCCCCCCC/C=C\CCCCCCCC. The molecule has 0 radical (unpaired) electrons. The topological polar surface area (TPSA) is 175 Å². The van der Waals surface area contributed by atoms with Crippen LogP contribution < -0.4 is 0 Å². The predicted molar refractivity (Wildman–Crippen MR) is 331 cm³/mol. The standard InChI is InChI=1S/C69H124O12/c1-4-7-10-13-16-19-22-25-28-31-34-37-40-43-46-49-52-55-61(70)77-58-60(79-62(71)56-53-50-47-44-41-38-35-32-29-26-23-20-17-14-11-8-5-2)59-78-69-67(65(74)64(73)66(81-69)68(75)76)80-63(72)57-54-51-48-45-42-39-36-33-30-27-24-21-18-15-12-9-6-3/h25-30,60,64-67,69,73-74H,4-24,31-59H2,1-3H3,(H,75,76)/b28-25-,29-26-,30-27-. The van der Waals surface area contributed by atoms with Crippen molar-refractivity contribution in [1.82, 2.24) is 0 Å². The first kappa shape index (κ1) is 76.0. The second kappa shape index (κ2) is 57.4. The summed E-state index contributed by atoms with van der Waals surface area (Å²) in [7, 11) is 0. The molecule has 1 rings (SSSR count). The Morgan fingerprint density at radius 3 is 1.05 bits per heavy atom. The molecule has 1 fully saturated rings. The highest BCUT2D eigenvalue weighted by atomic mass is 16.7. The third kappa shape index (κ3) is 46.9. The number of aliphatic hydroxyl groups excluding tert-OH is 2. The van der Waals surface area contributed by atoms with E-state index in [1.165, 1.54) is 180 Å². The van der Waals surface area contributed by atoms with Crippen molar-refractivity contribution in [3.05, 3.63) is 36.5 Å². The monoisotopic (exact) mass is 1140 g/mol. The fourth-order valence-corrected chi connectivity index (χ4v) is 10.4. The third-order valence-electron chi connectivity index (χ3n) is 15.7. The number of ether oxygens (including phenoxy) is 5. The Bertz CT molecular complexity index is 1550. The summed E-state index contributed by atoms with van der Waals surface area (Å²) in [5.41, 5.74) is 0. The van der Waals surface area contributed by atoms with E-state index in [0.29, 0.717) is 19.3 Å². The maximum absolute atomic E-state index is 13.2. The number of aliphatic hydroxyl groups is 2. The molecular formula is C69H124O12. The lowest BCUT2D eigenvalue weighted by Crippen LogP contribution is -2.61. The van der Waals surface area contributed by atoms with Crippen LogP contribution in [0.15, 0.2) is 36.5 Å². The summed E-state index contributed by atoms with van der Waals surface area (Å²) < 4.78 is 28.6. The van der Waals surface area contributed by atoms with Crippen LogP contribution in [0.4, 0.5) is 0 Å². The van der Waals surface area contributed by atoms with Crippen LogP contribution in [0.25, 0.3) is 0 Å². The van der Waals surface area contributed by atoms with Crippen LogP contribution >= 0.6 is 0 Å². The van der Waals surface area contributed by atoms with E-state index in [4.69, 9.17) is 23.7 Å². The Hall–Kier alpha value is -3.06. The number of allylic oxidation sites excluding steroid dienone is 6. The molecule has 12 nitrogen and oxygen atoms in total. The van der Waals surface area contributed by atoms with Gasteiger partial charge in [-0.25, -0.2) is 4.79 Å². The van der Waals surface area contributed by atoms with E-state index in [0.717, 1.165) is 89.9 Å². The number of hydrogen-bond acceptors (Lipinski definition) is 11. The molecule has 0 bridgehead atoms. The van der Waals surface area contributed by atoms with Gasteiger partial charge in [-0.3, -0.25) is 14.4 Å². The maximum atomic E-state index is 13.2. The fourth-order valence-electron chi connectivity index (χ4n) is 10.4. The minimum absolute atomic E-state index is 0.0578. The van der Waals surface area contributed by atoms with Crippen molar-refractivity contribution >= 4 is 23.9 Å². The quantitative estimate of drug-likeness (QED) is 0.0228. The van der Waals surface area contributed by atoms with Crippen LogP contribution in [-0.4, -0.2) is 89.2 Å². The number of carbonyl (C=O) groups excluding carboxylic acids is 3. The fraction of sp³-hybridized carbons (Fsp3) is 0.855. The van der Waals surface area contributed by atoms with E-state index in [9.17, 15) is 34.5 Å². The molecule has 1 saturated heterocycles. The number of carbonyl (C=O) groups is 4. The average Bonchev–Trinajstić information content (AvgIpc) is 3.53. The molecule has 6 unspecified atom stereocenters. The molecule has 0 saturated carbocycles. The minimum Gasteiger partial charge on any atom is -0.479 e. The van der Waals surface area contributed by atoms with Crippen molar-refractivity contribution in [2.45, 2.75) is 366 Å². The lowest BCUT2D eigenvalue weighted by Gasteiger charge is -2.40. The highest BCUT2D eigenvalue weighted by Crippen LogP contribution is 2.27. The van der Waals surface area contributed by atoms with Crippen molar-refractivity contribution in [3.63, 3.8) is 0 Å². The average molecular weight is 1150 g/mol. The largest absolute Gasteiger partial charge is 0.479 e. The molecule has 3 N–H and O–H groups in total.